The fourth-order valence-corrected chi connectivity index (χ4v) is 3.04. The van der Waals surface area contributed by atoms with Gasteiger partial charge in [0, 0.05) is 35.6 Å². The van der Waals surface area contributed by atoms with Crippen LogP contribution >= 0.6 is 0 Å². The van der Waals surface area contributed by atoms with Crippen molar-refractivity contribution in [2.24, 2.45) is 0 Å². The van der Waals surface area contributed by atoms with Crippen molar-refractivity contribution in [1.82, 2.24) is 9.97 Å². The van der Waals surface area contributed by atoms with E-state index >= 15 is 0 Å². The molecule has 0 radical (unpaired) electrons. The van der Waals surface area contributed by atoms with Gasteiger partial charge in [0.15, 0.2) is 0 Å². The van der Waals surface area contributed by atoms with Gasteiger partial charge in [0.05, 0.1) is 11.3 Å². The highest BCUT2D eigenvalue weighted by molar-refractivity contribution is 5.90. The van der Waals surface area contributed by atoms with Crippen molar-refractivity contribution in [2.75, 3.05) is 0 Å². The van der Waals surface area contributed by atoms with E-state index in [0.717, 1.165) is 48.1 Å². The normalized spacial score (nSPS) is 15.3. The van der Waals surface area contributed by atoms with E-state index in [4.69, 9.17) is 0 Å². The molecule has 1 N–H and O–H groups in total. The molecule has 0 amide bonds. The molecule has 0 spiro atoms. The molecule has 1 fully saturated rings. The van der Waals surface area contributed by atoms with Gasteiger partial charge in [-0.3, -0.25) is 9.97 Å². The Morgan fingerprint density at radius 1 is 1.14 bits per heavy atom. The molecule has 0 atom stereocenters. The maximum Gasteiger partial charge on any atom is 0.337 e. The van der Waals surface area contributed by atoms with Gasteiger partial charge >= 0.3 is 5.97 Å². The molecular weight excluding hydrogens is 264 g/mol. The van der Waals surface area contributed by atoms with Crippen LogP contribution < -0.4 is 0 Å². The second-order valence-corrected chi connectivity index (χ2v) is 5.69. The number of hydrogen-bond donors (Lipinski definition) is 1. The zero-order chi connectivity index (χ0) is 14.8. The monoisotopic (exact) mass is 282 g/mol. The summed E-state index contributed by atoms with van der Waals surface area (Å²) < 4.78 is 0. The number of carboxylic acid groups (broad SMARTS) is 1. The molecule has 0 aromatic carbocycles. The molecule has 2 aromatic rings. The first-order chi connectivity index (χ1) is 10.1. The Kier molecular flexibility index (Phi) is 3.69. The lowest BCUT2D eigenvalue weighted by molar-refractivity contribution is 0.0694. The summed E-state index contributed by atoms with van der Waals surface area (Å²) in [5.74, 6) is -0.604. The predicted molar refractivity (Wildman–Crippen MR) is 80.4 cm³/mol. The van der Waals surface area contributed by atoms with E-state index in [2.05, 4.69) is 9.97 Å². The van der Waals surface area contributed by atoms with Gasteiger partial charge in [0.2, 0.25) is 0 Å². The Bertz CT molecular complexity index is 676. The van der Waals surface area contributed by atoms with Gasteiger partial charge in [-0.1, -0.05) is 12.8 Å². The summed E-state index contributed by atoms with van der Waals surface area (Å²) in [4.78, 5) is 20.2. The van der Waals surface area contributed by atoms with Crippen LogP contribution in [0.3, 0.4) is 0 Å². The number of nitrogens with zero attached hydrogens (tertiary/aromatic N) is 2. The summed E-state index contributed by atoms with van der Waals surface area (Å²) in [5.41, 5.74) is 3.84. The first-order valence-electron chi connectivity index (χ1n) is 7.30. The largest absolute Gasteiger partial charge is 0.478 e. The number of aromatic nitrogens is 2. The molecule has 2 heterocycles. The van der Waals surface area contributed by atoms with Gasteiger partial charge in [0.1, 0.15) is 0 Å². The minimum absolute atomic E-state index is 0.292. The standard InChI is InChI=1S/C17H18N2O2/c1-11-6-13(9-18-8-11)14-7-15(17(20)21)16(19-10-14)12-4-2-3-5-12/h6-10,12H,2-5H2,1H3,(H,20,21). The van der Waals surface area contributed by atoms with Crippen LogP contribution in [0.4, 0.5) is 0 Å². The Labute approximate surface area is 123 Å². The van der Waals surface area contributed by atoms with Gasteiger partial charge in [-0.25, -0.2) is 4.79 Å². The van der Waals surface area contributed by atoms with Gasteiger partial charge in [-0.05, 0) is 37.5 Å². The molecule has 4 heteroatoms. The van der Waals surface area contributed by atoms with Crippen LogP contribution in [0, 0.1) is 6.92 Å². The van der Waals surface area contributed by atoms with Crippen LogP contribution in [0.25, 0.3) is 11.1 Å². The van der Waals surface area contributed by atoms with E-state index in [1.165, 1.54) is 0 Å². The van der Waals surface area contributed by atoms with E-state index in [9.17, 15) is 9.90 Å². The zero-order valence-electron chi connectivity index (χ0n) is 12.0. The number of hydrogen-bond acceptors (Lipinski definition) is 3. The van der Waals surface area contributed by atoms with Crippen molar-refractivity contribution in [1.29, 1.82) is 0 Å². The molecule has 108 valence electrons. The van der Waals surface area contributed by atoms with Crippen molar-refractivity contribution in [2.45, 2.75) is 38.5 Å². The van der Waals surface area contributed by atoms with E-state index < -0.39 is 5.97 Å². The number of carbonyl (C=O) groups is 1. The van der Waals surface area contributed by atoms with Crippen molar-refractivity contribution in [3.8, 4) is 11.1 Å². The van der Waals surface area contributed by atoms with Crippen molar-refractivity contribution >= 4 is 5.97 Å². The highest BCUT2D eigenvalue weighted by Gasteiger charge is 2.24. The second-order valence-electron chi connectivity index (χ2n) is 5.69. The molecule has 0 bridgehead atoms. The lowest BCUT2D eigenvalue weighted by atomic mass is 9.96. The van der Waals surface area contributed by atoms with Crippen molar-refractivity contribution < 1.29 is 9.90 Å². The molecule has 21 heavy (non-hydrogen) atoms. The first kappa shape index (κ1) is 13.7. The van der Waals surface area contributed by atoms with E-state index in [0.29, 0.717) is 11.5 Å². The maximum atomic E-state index is 11.6. The van der Waals surface area contributed by atoms with Crippen LogP contribution in [-0.2, 0) is 0 Å². The highest BCUT2D eigenvalue weighted by atomic mass is 16.4. The summed E-state index contributed by atoms with van der Waals surface area (Å²) in [6.45, 7) is 1.97. The third-order valence-corrected chi connectivity index (χ3v) is 4.10. The number of carboxylic acids is 1. The number of aryl methyl sites for hydroxylation is 1. The summed E-state index contributed by atoms with van der Waals surface area (Å²) in [6, 6.07) is 3.73. The molecule has 0 aliphatic heterocycles. The first-order valence-corrected chi connectivity index (χ1v) is 7.30. The number of rotatable bonds is 3. The third kappa shape index (κ3) is 2.79. The summed E-state index contributed by atoms with van der Waals surface area (Å²) in [5, 5.41) is 9.50. The average Bonchev–Trinajstić information content (AvgIpc) is 3.00. The van der Waals surface area contributed by atoms with E-state index in [-0.39, 0.29) is 0 Å². The Morgan fingerprint density at radius 2 is 1.86 bits per heavy atom. The Balaban J connectivity index is 2.04. The Hall–Kier alpha value is -2.23. The van der Waals surface area contributed by atoms with Gasteiger partial charge < -0.3 is 5.11 Å². The minimum atomic E-state index is -0.896. The molecule has 4 nitrogen and oxygen atoms in total. The topological polar surface area (TPSA) is 63.1 Å². The van der Waals surface area contributed by atoms with E-state index in [1.54, 1.807) is 24.7 Å². The van der Waals surface area contributed by atoms with Crippen LogP contribution in [0.15, 0.2) is 30.7 Å². The summed E-state index contributed by atoms with van der Waals surface area (Å²) in [6.07, 6.45) is 9.70. The molecule has 2 aromatic heterocycles. The Morgan fingerprint density at radius 3 is 2.52 bits per heavy atom. The van der Waals surface area contributed by atoms with Crippen LogP contribution in [-0.4, -0.2) is 21.0 Å². The van der Waals surface area contributed by atoms with Crippen LogP contribution in [0.2, 0.25) is 0 Å². The summed E-state index contributed by atoms with van der Waals surface area (Å²) >= 11 is 0. The SMILES string of the molecule is Cc1cncc(-c2cnc(C3CCCC3)c(C(=O)O)c2)c1. The fraction of sp³-hybridized carbons (Fsp3) is 0.353. The molecule has 1 aliphatic rings. The molecule has 0 unspecified atom stereocenters. The molecule has 3 rings (SSSR count). The second kappa shape index (κ2) is 5.64. The quantitative estimate of drug-likeness (QED) is 0.929. The summed E-state index contributed by atoms with van der Waals surface area (Å²) in [7, 11) is 0. The minimum Gasteiger partial charge on any atom is -0.478 e. The number of pyridine rings is 2. The highest BCUT2D eigenvalue weighted by Crippen LogP contribution is 2.35. The van der Waals surface area contributed by atoms with Crippen LogP contribution in [0.1, 0.15) is 53.2 Å². The third-order valence-electron chi connectivity index (χ3n) is 4.10. The lowest BCUT2D eigenvalue weighted by Gasteiger charge is -2.13. The van der Waals surface area contributed by atoms with Crippen molar-refractivity contribution in [3.05, 3.63) is 47.5 Å². The van der Waals surface area contributed by atoms with Crippen molar-refractivity contribution in [3.63, 3.8) is 0 Å². The molecule has 0 saturated heterocycles. The maximum absolute atomic E-state index is 11.6. The fourth-order valence-electron chi connectivity index (χ4n) is 3.04. The molecular formula is C17H18N2O2. The lowest BCUT2D eigenvalue weighted by Crippen LogP contribution is -2.08. The molecule has 1 aliphatic carbocycles. The van der Waals surface area contributed by atoms with Gasteiger partial charge in [-0.15, -0.1) is 0 Å². The van der Waals surface area contributed by atoms with Crippen LogP contribution in [0.5, 0.6) is 0 Å². The number of aromatic carboxylic acids is 1. The van der Waals surface area contributed by atoms with Gasteiger partial charge in [0.25, 0.3) is 0 Å². The van der Waals surface area contributed by atoms with Gasteiger partial charge in [-0.2, -0.15) is 0 Å². The predicted octanol–water partition coefficient (Wildman–Crippen LogP) is 3.81. The van der Waals surface area contributed by atoms with E-state index in [1.807, 2.05) is 13.0 Å². The smallest absolute Gasteiger partial charge is 0.337 e. The average molecular weight is 282 g/mol. The zero-order valence-corrected chi connectivity index (χ0v) is 12.0. The molecule has 1 saturated carbocycles.